The first-order valence-corrected chi connectivity index (χ1v) is 8.93. The molecular formula is C17H22N4S. The predicted molar refractivity (Wildman–Crippen MR) is 92.2 cm³/mol. The molecule has 0 bridgehead atoms. The standard InChI is InChI=1S/C17H22N4S/c1-12-4-3-5-15(13(12)2)20-8-10-21(11-9-20)17-19-18-16(22-17)14-6-7-14/h3-5,14H,6-11H2,1-2H3. The Morgan fingerprint density at radius 3 is 2.45 bits per heavy atom. The first kappa shape index (κ1) is 14.0. The highest BCUT2D eigenvalue weighted by atomic mass is 32.1. The van der Waals surface area contributed by atoms with E-state index in [0.717, 1.165) is 31.3 Å². The zero-order chi connectivity index (χ0) is 15.1. The van der Waals surface area contributed by atoms with E-state index in [1.165, 1.54) is 34.7 Å². The third-order valence-corrected chi connectivity index (χ3v) is 5.97. The third kappa shape index (κ3) is 2.58. The molecule has 1 aromatic heterocycles. The summed E-state index contributed by atoms with van der Waals surface area (Å²) in [4.78, 5) is 4.90. The van der Waals surface area contributed by atoms with Gasteiger partial charge in [-0.3, -0.25) is 0 Å². The molecule has 2 aromatic rings. The van der Waals surface area contributed by atoms with Gasteiger partial charge in [0.1, 0.15) is 5.01 Å². The van der Waals surface area contributed by atoms with E-state index in [1.54, 1.807) is 11.3 Å². The zero-order valence-electron chi connectivity index (χ0n) is 13.2. The van der Waals surface area contributed by atoms with Gasteiger partial charge in [-0.05, 0) is 43.9 Å². The second-order valence-corrected chi connectivity index (χ2v) is 7.38. The number of hydrogen-bond acceptors (Lipinski definition) is 5. The van der Waals surface area contributed by atoms with E-state index in [9.17, 15) is 0 Å². The van der Waals surface area contributed by atoms with Crippen molar-refractivity contribution in [3.8, 4) is 0 Å². The monoisotopic (exact) mass is 314 g/mol. The number of aromatic nitrogens is 2. The van der Waals surface area contributed by atoms with Crippen LogP contribution in [0, 0.1) is 13.8 Å². The lowest BCUT2D eigenvalue weighted by Gasteiger charge is -2.36. The summed E-state index contributed by atoms with van der Waals surface area (Å²) in [5.74, 6) is 0.711. The Labute approximate surface area is 135 Å². The molecule has 1 saturated carbocycles. The van der Waals surface area contributed by atoms with E-state index < -0.39 is 0 Å². The van der Waals surface area contributed by atoms with Crippen LogP contribution in [-0.2, 0) is 0 Å². The molecule has 1 saturated heterocycles. The van der Waals surface area contributed by atoms with E-state index in [4.69, 9.17) is 0 Å². The minimum atomic E-state index is 0.711. The average molecular weight is 314 g/mol. The number of piperazine rings is 1. The molecule has 2 fully saturated rings. The highest BCUT2D eigenvalue weighted by Gasteiger charge is 2.29. The Morgan fingerprint density at radius 2 is 1.73 bits per heavy atom. The second-order valence-electron chi connectivity index (χ2n) is 6.39. The van der Waals surface area contributed by atoms with Gasteiger partial charge in [-0.2, -0.15) is 0 Å². The smallest absolute Gasteiger partial charge is 0.208 e. The number of nitrogens with zero attached hydrogens (tertiary/aromatic N) is 4. The topological polar surface area (TPSA) is 32.3 Å². The number of anilines is 2. The van der Waals surface area contributed by atoms with Gasteiger partial charge in [0.15, 0.2) is 0 Å². The molecule has 4 nitrogen and oxygen atoms in total. The first-order chi connectivity index (χ1) is 10.7. The highest BCUT2D eigenvalue weighted by molar-refractivity contribution is 7.15. The van der Waals surface area contributed by atoms with Gasteiger partial charge in [0.2, 0.25) is 5.13 Å². The molecule has 0 radical (unpaired) electrons. The van der Waals surface area contributed by atoms with Crippen molar-refractivity contribution in [3.05, 3.63) is 34.3 Å². The van der Waals surface area contributed by atoms with Crippen LogP contribution in [-0.4, -0.2) is 36.4 Å². The quantitative estimate of drug-likeness (QED) is 0.869. The van der Waals surface area contributed by atoms with E-state index in [0.29, 0.717) is 5.92 Å². The van der Waals surface area contributed by atoms with E-state index in [2.05, 4.69) is 52.0 Å². The van der Waals surface area contributed by atoms with Crippen LogP contribution < -0.4 is 9.80 Å². The first-order valence-electron chi connectivity index (χ1n) is 8.12. The van der Waals surface area contributed by atoms with Gasteiger partial charge in [-0.25, -0.2) is 0 Å². The molecule has 1 aromatic carbocycles. The van der Waals surface area contributed by atoms with Crippen LogP contribution in [0.15, 0.2) is 18.2 Å². The number of hydrogen-bond donors (Lipinski definition) is 0. The number of aryl methyl sites for hydroxylation is 1. The Bertz CT molecular complexity index is 669. The van der Waals surface area contributed by atoms with Crippen LogP contribution in [0.4, 0.5) is 10.8 Å². The van der Waals surface area contributed by atoms with Crippen molar-refractivity contribution in [1.29, 1.82) is 0 Å². The van der Waals surface area contributed by atoms with Gasteiger partial charge in [0, 0.05) is 37.8 Å². The Hall–Kier alpha value is -1.62. The van der Waals surface area contributed by atoms with Crippen LogP contribution in [0.1, 0.15) is 34.9 Å². The Kier molecular flexibility index (Phi) is 3.53. The summed E-state index contributed by atoms with van der Waals surface area (Å²) in [5.41, 5.74) is 4.16. The lowest BCUT2D eigenvalue weighted by molar-refractivity contribution is 0.648. The van der Waals surface area contributed by atoms with Crippen molar-refractivity contribution in [2.24, 2.45) is 0 Å². The van der Waals surface area contributed by atoms with Gasteiger partial charge in [0.05, 0.1) is 0 Å². The Balaban J connectivity index is 1.44. The normalized spacial score (nSPS) is 18.8. The summed E-state index contributed by atoms with van der Waals surface area (Å²) in [6.07, 6.45) is 2.60. The van der Waals surface area contributed by atoms with Gasteiger partial charge in [-0.1, -0.05) is 23.5 Å². The van der Waals surface area contributed by atoms with E-state index >= 15 is 0 Å². The van der Waals surface area contributed by atoms with Gasteiger partial charge in [0.25, 0.3) is 0 Å². The van der Waals surface area contributed by atoms with Crippen LogP contribution in [0.5, 0.6) is 0 Å². The summed E-state index contributed by atoms with van der Waals surface area (Å²) >= 11 is 1.80. The summed E-state index contributed by atoms with van der Waals surface area (Å²) in [5, 5.41) is 11.1. The molecule has 22 heavy (non-hydrogen) atoms. The zero-order valence-corrected chi connectivity index (χ0v) is 14.1. The van der Waals surface area contributed by atoms with Crippen molar-refractivity contribution in [2.45, 2.75) is 32.6 Å². The van der Waals surface area contributed by atoms with Crippen LogP contribution in [0.3, 0.4) is 0 Å². The maximum Gasteiger partial charge on any atom is 0.208 e. The van der Waals surface area contributed by atoms with E-state index in [-0.39, 0.29) is 0 Å². The maximum absolute atomic E-state index is 4.41. The molecule has 0 atom stereocenters. The van der Waals surface area contributed by atoms with Crippen molar-refractivity contribution in [1.82, 2.24) is 10.2 Å². The van der Waals surface area contributed by atoms with Crippen LogP contribution in [0.25, 0.3) is 0 Å². The summed E-state index contributed by atoms with van der Waals surface area (Å²) in [6, 6.07) is 6.60. The van der Waals surface area contributed by atoms with Crippen molar-refractivity contribution < 1.29 is 0 Å². The van der Waals surface area contributed by atoms with Crippen molar-refractivity contribution in [3.63, 3.8) is 0 Å². The average Bonchev–Trinajstić information content (AvgIpc) is 3.28. The molecule has 5 heteroatoms. The summed E-state index contributed by atoms with van der Waals surface area (Å²) in [6.45, 7) is 8.60. The largest absolute Gasteiger partial charge is 0.368 e. The fourth-order valence-corrected chi connectivity index (χ4v) is 4.13. The van der Waals surface area contributed by atoms with E-state index in [1.807, 2.05) is 0 Å². The minimum absolute atomic E-state index is 0.711. The SMILES string of the molecule is Cc1cccc(N2CCN(c3nnc(C4CC4)s3)CC2)c1C. The molecule has 1 aliphatic carbocycles. The lowest BCUT2D eigenvalue weighted by Crippen LogP contribution is -2.46. The van der Waals surface area contributed by atoms with Gasteiger partial charge < -0.3 is 9.80 Å². The fraction of sp³-hybridized carbons (Fsp3) is 0.529. The fourth-order valence-electron chi connectivity index (χ4n) is 3.07. The molecular weight excluding hydrogens is 292 g/mol. The highest BCUT2D eigenvalue weighted by Crippen LogP contribution is 2.42. The van der Waals surface area contributed by atoms with Gasteiger partial charge >= 0.3 is 0 Å². The molecule has 0 spiro atoms. The number of rotatable bonds is 3. The third-order valence-electron chi connectivity index (χ3n) is 4.82. The maximum atomic E-state index is 4.41. The van der Waals surface area contributed by atoms with Gasteiger partial charge in [-0.15, -0.1) is 10.2 Å². The molecule has 0 unspecified atom stereocenters. The molecule has 116 valence electrons. The molecule has 0 N–H and O–H groups in total. The predicted octanol–water partition coefficient (Wildman–Crippen LogP) is 3.36. The summed E-state index contributed by atoms with van der Waals surface area (Å²) in [7, 11) is 0. The molecule has 0 amide bonds. The molecule has 4 rings (SSSR count). The van der Waals surface area contributed by atoms with Crippen LogP contribution >= 0.6 is 11.3 Å². The van der Waals surface area contributed by atoms with Crippen LogP contribution in [0.2, 0.25) is 0 Å². The molecule has 2 aliphatic rings. The van der Waals surface area contributed by atoms with Crippen molar-refractivity contribution in [2.75, 3.05) is 36.0 Å². The second kappa shape index (κ2) is 5.54. The molecule has 1 aliphatic heterocycles. The molecule has 2 heterocycles. The lowest BCUT2D eigenvalue weighted by atomic mass is 10.1. The van der Waals surface area contributed by atoms with Crippen molar-refractivity contribution >= 4 is 22.2 Å². The Morgan fingerprint density at radius 1 is 1.00 bits per heavy atom. The number of benzene rings is 1. The summed E-state index contributed by atoms with van der Waals surface area (Å²) < 4.78 is 0. The minimum Gasteiger partial charge on any atom is -0.368 e.